The molecule has 112 valence electrons. The van der Waals surface area contributed by atoms with Gasteiger partial charge >= 0.3 is 0 Å². The summed E-state index contributed by atoms with van der Waals surface area (Å²) in [5.74, 6) is 0. The first-order valence-corrected chi connectivity index (χ1v) is 8.70. The smallest absolute Gasteiger partial charge is 0.240 e. The van der Waals surface area contributed by atoms with E-state index in [0.29, 0.717) is 10.9 Å². The summed E-state index contributed by atoms with van der Waals surface area (Å²) in [5, 5.41) is 0. The predicted octanol–water partition coefficient (Wildman–Crippen LogP) is 2.15. The maximum absolute atomic E-state index is 12.3. The van der Waals surface area contributed by atoms with E-state index in [1.807, 2.05) is 13.0 Å². The number of nitrogens with one attached hydrogen (secondary N) is 1. The molecule has 5 heteroatoms. The number of piperidine rings is 1. The summed E-state index contributed by atoms with van der Waals surface area (Å²) >= 11 is 0. The van der Waals surface area contributed by atoms with Crippen LogP contribution in [0, 0.1) is 6.92 Å². The second-order valence-electron chi connectivity index (χ2n) is 5.84. The Kier molecular flexibility index (Phi) is 4.83. The van der Waals surface area contributed by atoms with E-state index in [2.05, 4.69) is 23.5 Å². The van der Waals surface area contributed by atoms with E-state index in [0.717, 1.165) is 31.5 Å². The Labute approximate surface area is 122 Å². The van der Waals surface area contributed by atoms with Gasteiger partial charge in [0.05, 0.1) is 4.90 Å². The minimum absolute atomic E-state index is 0.0514. The largest absolute Gasteiger partial charge is 0.301 e. The van der Waals surface area contributed by atoms with Gasteiger partial charge in [-0.05, 0) is 64.4 Å². The fourth-order valence-corrected chi connectivity index (χ4v) is 4.01. The predicted molar refractivity (Wildman–Crippen MR) is 81.2 cm³/mol. The first kappa shape index (κ1) is 15.5. The van der Waals surface area contributed by atoms with Gasteiger partial charge in [0, 0.05) is 12.1 Å². The highest BCUT2D eigenvalue weighted by Crippen LogP contribution is 2.17. The molecule has 1 fully saturated rings. The third-order valence-corrected chi connectivity index (χ3v) is 5.40. The lowest BCUT2D eigenvalue weighted by Crippen LogP contribution is -2.46. The zero-order chi connectivity index (χ0) is 14.8. The Morgan fingerprint density at radius 1 is 1.25 bits per heavy atom. The average Bonchev–Trinajstić information content (AvgIpc) is 2.39. The normalized spacial score (nSPS) is 18.6. The molecule has 2 rings (SSSR count). The molecule has 0 amide bonds. The van der Waals surface area contributed by atoms with Crippen LogP contribution in [0.5, 0.6) is 0 Å². The summed E-state index contributed by atoms with van der Waals surface area (Å²) < 4.78 is 27.5. The lowest BCUT2D eigenvalue weighted by molar-refractivity contribution is 0.168. The van der Waals surface area contributed by atoms with Crippen molar-refractivity contribution in [3.63, 3.8) is 0 Å². The summed E-state index contributed by atoms with van der Waals surface area (Å²) in [4.78, 5) is 2.75. The molecule has 1 aromatic rings. The molecule has 0 aliphatic carbocycles. The van der Waals surface area contributed by atoms with Crippen molar-refractivity contribution in [1.29, 1.82) is 0 Å². The second-order valence-corrected chi connectivity index (χ2v) is 7.56. The number of sulfonamides is 1. The highest BCUT2D eigenvalue weighted by molar-refractivity contribution is 7.89. The van der Waals surface area contributed by atoms with Crippen molar-refractivity contribution in [2.45, 2.75) is 50.6 Å². The van der Waals surface area contributed by atoms with Crippen LogP contribution in [0.3, 0.4) is 0 Å². The van der Waals surface area contributed by atoms with Crippen LogP contribution in [0.1, 0.15) is 32.3 Å². The van der Waals surface area contributed by atoms with Gasteiger partial charge in [-0.25, -0.2) is 13.1 Å². The van der Waals surface area contributed by atoms with Gasteiger partial charge in [-0.1, -0.05) is 12.1 Å². The quantitative estimate of drug-likeness (QED) is 0.926. The van der Waals surface area contributed by atoms with Crippen molar-refractivity contribution in [2.24, 2.45) is 0 Å². The van der Waals surface area contributed by atoms with E-state index in [1.165, 1.54) is 0 Å². The van der Waals surface area contributed by atoms with E-state index in [1.54, 1.807) is 18.2 Å². The first-order valence-electron chi connectivity index (χ1n) is 7.21. The van der Waals surface area contributed by atoms with Crippen molar-refractivity contribution in [3.8, 4) is 0 Å². The maximum Gasteiger partial charge on any atom is 0.240 e. The summed E-state index contributed by atoms with van der Waals surface area (Å²) in [6.45, 7) is 8.17. The Hall–Kier alpha value is -0.910. The van der Waals surface area contributed by atoms with E-state index in [9.17, 15) is 8.42 Å². The Morgan fingerprint density at radius 2 is 1.90 bits per heavy atom. The number of nitrogens with zero attached hydrogens (tertiary/aromatic N) is 1. The maximum atomic E-state index is 12.3. The number of rotatable bonds is 4. The monoisotopic (exact) mass is 296 g/mol. The molecule has 4 nitrogen and oxygen atoms in total. The van der Waals surface area contributed by atoms with Crippen molar-refractivity contribution in [1.82, 2.24) is 9.62 Å². The van der Waals surface area contributed by atoms with Crippen LogP contribution in [-0.4, -0.2) is 38.5 Å². The molecule has 0 radical (unpaired) electrons. The molecule has 0 spiro atoms. The Bertz CT molecular complexity index is 547. The molecule has 1 heterocycles. The number of benzene rings is 1. The van der Waals surface area contributed by atoms with Crippen LogP contribution < -0.4 is 4.72 Å². The van der Waals surface area contributed by atoms with Gasteiger partial charge in [0.1, 0.15) is 0 Å². The van der Waals surface area contributed by atoms with Crippen molar-refractivity contribution in [3.05, 3.63) is 29.8 Å². The van der Waals surface area contributed by atoms with Gasteiger partial charge in [-0.3, -0.25) is 0 Å². The molecule has 1 aliphatic rings. The minimum Gasteiger partial charge on any atom is -0.301 e. The second kappa shape index (κ2) is 6.24. The Balaban J connectivity index is 2.00. The average molecular weight is 296 g/mol. The molecule has 1 saturated heterocycles. The zero-order valence-electron chi connectivity index (χ0n) is 12.5. The van der Waals surface area contributed by atoms with Crippen molar-refractivity contribution < 1.29 is 8.42 Å². The molecular weight excluding hydrogens is 272 g/mol. The SMILES string of the molecule is Cc1cccc(S(=O)(=O)NC2CCN(C(C)C)CC2)c1. The molecule has 20 heavy (non-hydrogen) atoms. The molecule has 0 unspecified atom stereocenters. The van der Waals surface area contributed by atoms with Gasteiger partial charge in [0.25, 0.3) is 0 Å². The number of hydrogen-bond acceptors (Lipinski definition) is 3. The number of aryl methyl sites for hydroxylation is 1. The van der Waals surface area contributed by atoms with Crippen LogP contribution in [0.25, 0.3) is 0 Å². The standard InChI is InChI=1S/C15H24N2O2S/c1-12(2)17-9-7-14(8-10-17)16-20(18,19)15-6-4-5-13(3)11-15/h4-6,11-12,14,16H,7-10H2,1-3H3. The molecule has 1 aromatic carbocycles. The zero-order valence-corrected chi connectivity index (χ0v) is 13.3. The van der Waals surface area contributed by atoms with Gasteiger partial charge in [-0.15, -0.1) is 0 Å². The molecule has 0 aromatic heterocycles. The van der Waals surface area contributed by atoms with Gasteiger partial charge in [0.15, 0.2) is 0 Å². The van der Waals surface area contributed by atoms with E-state index in [-0.39, 0.29) is 6.04 Å². The molecule has 0 atom stereocenters. The summed E-state index contributed by atoms with van der Waals surface area (Å²) in [5.41, 5.74) is 0.961. The van der Waals surface area contributed by atoms with E-state index >= 15 is 0 Å². The van der Waals surface area contributed by atoms with Crippen molar-refractivity contribution in [2.75, 3.05) is 13.1 Å². The van der Waals surface area contributed by atoms with Crippen LogP contribution >= 0.6 is 0 Å². The number of likely N-dealkylation sites (tertiary alicyclic amines) is 1. The van der Waals surface area contributed by atoms with E-state index in [4.69, 9.17) is 0 Å². The van der Waals surface area contributed by atoms with Crippen LogP contribution in [0.15, 0.2) is 29.2 Å². The highest BCUT2D eigenvalue weighted by Gasteiger charge is 2.25. The summed E-state index contributed by atoms with van der Waals surface area (Å²) in [6.07, 6.45) is 1.76. The Morgan fingerprint density at radius 3 is 2.45 bits per heavy atom. The summed E-state index contributed by atoms with van der Waals surface area (Å²) in [7, 11) is -3.39. The first-order chi connectivity index (χ1) is 9.38. The van der Waals surface area contributed by atoms with Crippen LogP contribution in [-0.2, 0) is 10.0 Å². The minimum atomic E-state index is -3.39. The van der Waals surface area contributed by atoms with Gasteiger partial charge < -0.3 is 4.90 Å². The van der Waals surface area contributed by atoms with Gasteiger partial charge in [-0.2, -0.15) is 0 Å². The molecule has 1 N–H and O–H groups in total. The molecule has 1 aliphatic heterocycles. The van der Waals surface area contributed by atoms with Crippen molar-refractivity contribution >= 4 is 10.0 Å². The highest BCUT2D eigenvalue weighted by atomic mass is 32.2. The molecular formula is C15H24N2O2S. The fraction of sp³-hybridized carbons (Fsp3) is 0.600. The fourth-order valence-electron chi connectivity index (χ4n) is 2.60. The van der Waals surface area contributed by atoms with Crippen LogP contribution in [0.4, 0.5) is 0 Å². The third-order valence-electron chi connectivity index (χ3n) is 3.88. The third kappa shape index (κ3) is 3.81. The van der Waals surface area contributed by atoms with Crippen LogP contribution in [0.2, 0.25) is 0 Å². The van der Waals surface area contributed by atoms with Gasteiger partial charge in [0.2, 0.25) is 10.0 Å². The lowest BCUT2D eigenvalue weighted by Gasteiger charge is -2.34. The molecule has 0 saturated carbocycles. The topological polar surface area (TPSA) is 49.4 Å². The van der Waals surface area contributed by atoms with E-state index < -0.39 is 10.0 Å². The summed E-state index contributed by atoms with van der Waals surface area (Å²) in [6, 6.07) is 7.63. The molecule has 0 bridgehead atoms. The lowest BCUT2D eigenvalue weighted by atomic mass is 10.1. The number of hydrogen-bond donors (Lipinski definition) is 1.